The molecule has 13 aromatic carbocycles. The van der Waals surface area contributed by atoms with Gasteiger partial charge in [0, 0.05) is 27.6 Å². The second kappa shape index (κ2) is 15.5. The van der Waals surface area contributed by atoms with Crippen LogP contribution >= 0.6 is 0 Å². The number of rotatable bonds is 5. The van der Waals surface area contributed by atoms with E-state index in [1.54, 1.807) is 0 Å². The third kappa shape index (κ3) is 6.10. The van der Waals surface area contributed by atoms with Gasteiger partial charge in [0.2, 0.25) is 0 Å². The second-order valence-corrected chi connectivity index (χ2v) is 18.8. The normalized spacial score (nSPS) is 11.9. The van der Waals surface area contributed by atoms with Gasteiger partial charge in [-0.1, -0.05) is 200 Å². The van der Waals surface area contributed by atoms with Gasteiger partial charge in [0.15, 0.2) is 0 Å². The Morgan fingerprint density at radius 2 is 0.676 bits per heavy atom. The quantitative estimate of drug-likeness (QED) is 0.161. The lowest BCUT2D eigenvalue weighted by molar-refractivity contribution is 1.10. The number of aromatic nitrogens is 3. The summed E-state index contributed by atoms with van der Waals surface area (Å²) in [6.07, 6.45) is 0. The number of hydrogen-bond acceptors (Lipinski definition) is 2. The Kier molecular flexibility index (Phi) is 8.66. The summed E-state index contributed by atoms with van der Waals surface area (Å²) in [5.41, 5.74) is 11.6. The molecule has 0 aliphatic carbocycles. The Hall–Kier alpha value is -9.44. The van der Waals surface area contributed by atoms with Crippen LogP contribution in [0.15, 0.2) is 249 Å². The molecule has 0 spiro atoms. The van der Waals surface area contributed by atoms with Gasteiger partial charge in [-0.25, -0.2) is 9.97 Å². The Bertz CT molecular complexity index is 4610. The zero-order chi connectivity index (χ0) is 46.6. The highest BCUT2D eigenvalue weighted by Gasteiger charge is 2.21. The molecule has 3 heteroatoms. The van der Waals surface area contributed by atoms with E-state index in [2.05, 4.69) is 253 Å². The third-order valence-corrected chi connectivity index (χ3v) is 14.9. The molecular weight excluding hydrogens is 859 g/mol. The van der Waals surface area contributed by atoms with E-state index in [4.69, 9.17) is 9.97 Å². The molecule has 0 bridgehead atoms. The molecule has 0 unspecified atom stereocenters. The topological polar surface area (TPSA) is 30.7 Å². The van der Waals surface area contributed by atoms with Gasteiger partial charge in [-0.15, -0.1) is 0 Å². The van der Waals surface area contributed by atoms with Crippen LogP contribution in [0.25, 0.3) is 148 Å². The van der Waals surface area contributed by atoms with E-state index in [0.29, 0.717) is 0 Å². The smallest absolute Gasteiger partial charge is 0.145 e. The maximum atomic E-state index is 5.71. The molecule has 0 saturated heterocycles. The van der Waals surface area contributed by atoms with Crippen molar-refractivity contribution in [2.24, 2.45) is 0 Å². The van der Waals surface area contributed by atoms with Crippen LogP contribution in [0.3, 0.4) is 0 Å². The zero-order valence-corrected chi connectivity index (χ0v) is 38.5. The number of benzene rings is 13. The Balaban J connectivity index is 1.02. The van der Waals surface area contributed by atoms with Crippen molar-refractivity contribution in [2.75, 3.05) is 0 Å². The molecule has 15 rings (SSSR count). The first kappa shape index (κ1) is 39.5. The van der Waals surface area contributed by atoms with Crippen molar-refractivity contribution >= 4 is 97.3 Å². The number of pyridine rings is 1. The fourth-order valence-electron chi connectivity index (χ4n) is 11.7. The fraction of sp³-hybridized carbons (Fsp3) is 0. The van der Waals surface area contributed by atoms with Crippen LogP contribution in [-0.4, -0.2) is 14.5 Å². The highest BCUT2D eigenvalue weighted by molar-refractivity contribution is 6.27. The van der Waals surface area contributed by atoms with Crippen molar-refractivity contribution in [3.63, 3.8) is 0 Å². The largest absolute Gasteiger partial charge is 0.292 e. The van der Waals surface area contributed by atoms with Crippen molar-refractivity contribution < 1.29 is 0 Å². The Morgan fingerprint density at radius 3 is 1.25 bits per heavy atom. The van der Waals surface area contributed by atoms with Gasteiger partial charge in [0.25, 0.3) is 0 Å². The SMILES string of the molecule is c1ccc(-c2nc3cc(-c4cc(-c5ccc6c7ccccc7c7ccccc7c6c5)nc5c4cc(-c4ccc6c7ccccc7c7ccccc7c6c4)c4ccccc45)ccc3n2-c2ccccc2)cc1. The number of para-hydroxylation sites is 1. The van der Waals surface area contributed by atoms with E-state index in [0.717, 1.165) is 66.8 Å². The number of imidazole rings is 1. The summed E-state index contributed by atoms with van der Waals surface area (Å²) in [7, 11) is 0. The molecule has 0 atom stereocenters. The molecule has 3 nitrogen and oxygen atoms in total. The Labute approximate surface area is 409 Å². The van der Waals surface area contributed by atoms with Crippen LogP contribution in [0.2, 0.25) is 0 Å². The maximum Gasteiger partial charge on any atom is 0.145 e. The molecular formula is C68H41N3. The third-order valence-electron chi connectivity index (χ3n) is 14.9. The van der Waals surface area contributed by atoms with E-state index in [1.165, 1.54) is 81.1 Å². The lowest BCUT2D eigenvalue weighted by Crippen LogP contribution is -1.97. The van der Waals surface area contributed by atoms with Crippen LogP contribution in [0.5, 0.6) is 0 Å². The average Bonchev–Trinajstić information content (AvgIpc) is 3.84. The Morgan fingerprint density at radius 1 is 0.254 bits per heavy atom. The lowest BCUT2D eigenvalue weighted by Gasteiger charge is -2.17. The van der Waals surface area contributed by atoms with Crippen LogP contribution < -0.4 is 0 Å². The van der Waals surface area contributed by atoms with Crippen molar-refractivity contribution in [1.82, 2.24) is 14.5 Å². The molecule has 2 aromatic heterocycles. The molecule has 0 aliphatic rings. The van der Waals surface area contributed by atoms with Gasteiger partial charge in [-0.05, 0) is 141 Å². The van der Waals surface area contributed by atoms with Crippen molar-refractivity contribution in [1.29, 1.82) is 0 Å². The highest BCUT2D eigenvalue weighted by atomic mass is 15.1. The van der Waals surface area contributed by atoms with Gasteiger partial charge >= 0.3 is 0 Å². The molecule has 71 heavy (non-hydrogen) atoms. The molecule has 328 valence electrons. The molecule has 0 amide bonds. The van der Waals surface area contributed by atoms with Crippen LogP contribution in [0.4, 0.5) is 0 Å². The number of nitrogens with zero attached hydrogens (tertiary/aromatic N) is 3. The van der Waals surface area contributed by atoms with E-state index in [-0.39, 0.29) is 0 Å². The van der Waals surface area contributed by atoms with Gasteiger partial charge in [0.05, 0.1) is 22.2 Å². The summed E-state index contributed by atoms with van der Waals surface area (Å²) >= 11 is 0. The maximum absolute atomic E-state index is 5.71. The molecule has 0 saturated carbocycles. The van der Waals surface area contributed by atoms with E-state index in [1.807, 2.05) is 0 Å². The summed E-state index contributed by atoms with van der Waals surface area (Å²) in [6.45, 7) is 0. The van der Waals surface area contributed by atoms with Crippen molar-refractivity contribution in [2.45, 2.75) is 0 Å². The summed E-state index contributed by atoms with van der Waals surface area (Å²) < 4.78 is 2.28. The first-order valence-corrected chi connectivity index (χ1v) is 24.4. The lowest BCUT2D eigenvalue weighted by atomic mass is 9.88. The summed E-state index contributed by atoms with van der Waals surface area (Å²) in [5, 5.41) is 18.4. The van der Waals surface area contributed by atoms with E-state index >= 15 is 0 Å². The molecule has 0 aliphatic heterocycles. The predicted molar refractivity (Wildman–Crippen MR) is 301 cm³/mol. The molecule has 2 heterocycles. The van der Waals surface area contributed by atoms with Crippen LogP contribution in [0, 0.1) is 0 Å². The van der Waals surface area contributed by atoms with Gasteiger partial charge in [-0.3, -0.25) is 4.57 Å². The zero-order valence-electron chi connectivity index (χ0n) is 38.5. The summed E-state index contributed by atoms with van der Waals surface area (Å²) in [4.78, 5) is 11.1. The minimum atomic E-state index is 0.907. The van der Waals surface area contributed by atoms with E-state index < -0.39 is 0 Å². The minimum absolute atomic E-state index is 0.907. The predicted octanol–water partition coefficient (Wildman–Crippen LogP) is 18.3. The molecule has 0 fully saturated rings. The van der Waals surface area contributed by atoms with Crippen molar-refractivity contribution in [3.8, 4) is 50.6 Å². The standard InChI is InChI=1S/C68H41N3/c1-3-17-42(18-4-1)68-70-65-39-44(33-36-66(65)71(68)46-19-5-2-6-20-46)60-41-64(45-32-35-57-52-26-10-8-22-48(52)50-24-12-14-28-54(50)62(57)38-45)69-67-58-30-16-15-29-55(58)59(40-63(60)67)43-31-34-56-51-25-9-7-21-47(51)49-23-11-13-27-53(49)61(56)37-43/h1-41H. The second-order valence-electron chi connectivity index (χ2n) is 18.8. The highest BCUT2D eigenvalue weighted by Crippen LogP contribution is 2.45. The minimum Gasteiger partial charge on any atom is -0.292 e. The molecule has 0 N–H and O–H groups in total. The molecule has 0 radical (unpaired) electrons. The van der Waals surface area contributed by atoms with Gasteiger partial charge in [0.1, 0.15) is 5.82 Å². The summed E-state index contributed by atoms with van der Waals surface area (Å²) in [6, 6.07) is 90.6. The van der Waals surface area contributed by atoms with Gasteiger partial charge < -0.3 is 0 Å². The van der Waals surface area contributed by atoms with Crippen LogP contribution in [0.1, 0.15) is 0 Å². The average molecular weight is 900 g/mol. The van der Waals surface area contributed by atoms with E-state index in [9.17, 15) is 0 Å². The van der Waals surface area contributed by atoms with Gasteiger partial charge in [-0.2, -0.15) is 0 Å². The fourth-order valence-corrected chi connectivity index (χ4v) is 11.7. The molecule has 15 aromatic rings. The first-order chi connectivity index (χ1) is 35.2. The monoisotopic (exact) mass is 899 g/mol. The first-order valence-electron chi connectivity index (χ1n) is 24.4. The summed E-state index contributed by atoms with van der Waals surface area (Å²) in [5.74, 6) is 0.907. The van der Waals surface area contributed by atoms with Crippen molar-refractivity contribution in [3.05, 3.63) is 249 Å². The number of fused-ring (bicyclic) bond motifs is 16. The number of hydrogen-bond donors (Lipinski definition) is 0. The van der Waals surface area contributed by atoms with Crippen LogP contribution in [-0.2, 0) is 0 Å².